The molecule has 0 saturated carbocycles. The number of carboxylic acid groups (broad SMARTS) is 1. The number of hydrogen-bond donors (Lipinski definition) is 1. The molecule has 0 heterocycles. The summed E-state index contributed by atoms with van der Waals surface area (Å²) in [6.45, 7) is 0. The SMILES string of the molecule is COc1cc(F)c(C(=O)O)cc1OC. The van der Waals surface area contributed by atoms with Crippen molar-refractivity contribution in [2.75, 3.05) is 14.2 Å². The minimum absolute atomic E-state index is 0.162. The first-order valence-corrected chi connectivity index (χ1v) is 3.75. The molecule has 5 heteroatoms. The molecule has 0 atom stereocenters. The normalized spacial score (nSPS) is 9.64. The van der Waals surface area contributed by atoms with Gasteiger partial charge in [0.25, 0.3) is 0 Å². The van der Waals surface area contributed by atoms with Gasteiger partial charge in [0.2, 0.25) is 0 Å². The predicted molar refractivity (Wildman–Crippen MR) is 46.5 cm³/mol. The summed E-state index contributed by atoms with van der Waals surface area (Å²) in [4.78, 5) is 10.6. The average molecular weight is 200 g/mol. The molecule has 1 N–H and O–H groups in total. The maximum atomic E-state index is 13.1. The molecular formula is C9H9FO4. The summed E-state index contributed by atoms with van der Waals surface area (Å²) in [5, 5.41) is 8.61. The van der Waals surface area contributed by atoms with Crippen LogP contribution in [0.2, 0.25) is 0 Å². The Hall–Kier alpha value is -1.78. The second-order valence-corrected chi connectivity index (χ2v) is 2.49. The third kappa shape index (κ3) is 1.76. The zero-order valence-electron chi connectivity index (χ0n) is 7.70. The fourth-order valence-corrected chi connectivity index (χ4v) is 1.02. The van der Waals surface area contributed by atoms with Crippen molar-refractivity contribution in [2.45, 2.75) is 0 Å². The van der Waals surface area contributed by atoms with E-state index in [-0.39, 0.29) is 11.5 Å². The summed E-state index contributed by atoms with van der Waals surface area (Å²) >= 11 is 0. The number of benzene rings is 1. The van der Waals surface area contributed by atoms with Crippen LogP contribution in [0.5, 0.6) is 11.5 Å². The Morgan fingerprint density at radius 1 is 1.29 bits per heavy atom. The molecule has 1 rings (SSSR count). The highest BCUT2D eigenvalue weighted by Crippen LogP contribution is 2.29. The van der Waals surface area contributed by atoms with Crippen molar-refractivity contribution >= 4 is 5.97 Å². The van der Waals surface area contributed by atoms with Gasteiger partial charge in [-0.25, -0.2) is 9.18 Å². The third-order valence-corrected chi connectivity index (χ3v) is 1.70. The Kier molecular flexibility index (Phi) is 2.91. The predicted octanol–water partition coefficient (Wildman–Crippen LogP) is 1.54. The number of halogens is 1. The van der Waals surface area contributed by atoms with E-state index in [1.54, 1.807) is 0 Å². The second kappa shape index (κ2) is 3.95. The van der Waals surface area contributed by atoms with Crippen molar-refractivity contribution in [1.82, 2.24) is 0 Å². The molecule has 0 saturated heterocycles. The smallest absolute Gasteiger partial charge is 0.338 e. The molecule has 0 bridgehead atoms. The van der Waals surface area contributed by atoms with Crippen LogP contribution in [-0.2, 0) is 0 Å². The van der Waals surface area contributed by atoms with Crippen LogP contribution in [0.4, 0.5) is 4.39 Å². The van der Waals surface area contributed by atoms with Crippen LogP contribution in [0.15, 0.2) is 12.1 Å². The molecule has 14 heavy (non-hydrogen) atoms. The summed E-state index contributed by atoms with van der Waals surface area (Å²) in [5.74, 6) is -1.85. The number of hydrogen-bond acceptors (Lipinski definition) is 3. The maximum absolute atomic E-state index is 13.1. The topological polar surface area (TPSA) is 55.8 Å². The van der Waals surface area contributed by atoms with Gasteiger partial charge in [-0.15, -0.1) is 0 Å². The van der Waals surface area contributed by atoms with Crippen LogP contribution in [-0.4, -0.2) is 25.3 Å². The van der Waals surface area contributed by atoms with E-state index < -0.39 is 17.3 Å². The van der Waals surface area contributed by atoms with Gasteiger partial charge in [-0.2, -0.15) is 0 Å². The molecular weight excluding hydrogens is 191 g/mol. The van der Waals surface area contributed by atoms with E-state index in [9.17, 15) is 9.18 Å². The fourth-order valence-electron chi connectivity index (χ4n) is 1.02. The molecule has 0 aliphatic carbocycles. The highest BCUT2D eigenvalue weighted by Gasteiger charge is 2.15. The van der Waals surface area contributed by atoms with Crippen molar-refractivity contribution < 1.29 is 23.8 Å². The average Bonchev–Trinajstić information content (AvgIpc) is 2.16. The first-order chi connectivity index (χ1) is 6.60. The second-order valence-electron chi connectivity index (χ2n) is 2.49. The van der Waals surface area contributed by atoms with E-state index in [0.717, 1.165) is 12.1 Å². The van der Waals surface area contributed by atoms with Crippen LogP contribution in [0, 0.1) is 5.82 Å². The monoisotopic (exact) mass is 200 g/mol. The number of methoxy groups -OCH3 is 2. The van der Waals surface area contributed by atoms with Crippen molar-refractivity contribution in [3.8, 4) is 11.5 Å². The first-order valence-electron chi connectivity index (χ1n) is 3.75. The van der Waals surface area contributed by atoms with Crippen LogP contribution in [0.25, 0.3) is 0 Å². The highest BCUT2D eigenvalue weighted by molar-refractivity contribution is 5.88. The van der Waals surface area contributed by atoms with Crippen LogP contribution >= 0.6 is 0 Å². The number of aromatic carboxylic acids is 1. The largest absolute Gasteiger partial charge is 0.493 e. The lowest BCUT2D eigenvalue weighted by molar-refractivity contribution is 0.0691. The van der Waals surface area contributed by atoms with Crippen molar-refractivity contribution in [2.24, 2.45) is 0 Å². The summed E-state index contributed by atoms with van der Waals surface area (Å²) in [7, 11) is 2.69. The van der Waals surface area contributed by atoms with Gasteiger partial charge < -0.3 is 14.6 Å². The zero-order valence-corrected chi connectivity index (χ0v) is 7.70. The number of carbonyl (C=O) groups is 1. The van der Waals surface area contributed by atoms with Gasteiger partial charge in [0.15, 0.2) is 11.5 Å². The van der Waals surface area contributed by atoms with Crippen LogP contribution in [0.1, 0.15) is 10.4 Å². The summed E-state index contributed by atoms with van der Waals surface area (Å²) in [6, 6.07) is 2.05. The molecule has 1 aromatic carbocycles. The van der Waals surface area contributed by atoms with E-state index in [2.05, 4.69) is 0 Å². The molecule has 0 fully saturated rings. The summed E-state index contributed by atoms with van der Waals surface area (Å²) < 4.78 is 22.7. The molecule has 0 aliphatic rings. The molecule has 0 aliphatic heterocycles. The summed E-state index contributed by atoms with van der Waals surface area (Å²) in [6.07, 6.45) is 0. The van der Waals surface area contributed by atoms with Crippen LogP contribution < -0.4 is 9.47 Å². The standard InChI is InChI=1S/C9H9FO4/c1-13-7-3-5(9(11)12)6(10)4-8(7)14-2/h3-4H,1-2H3,(H,11,12). The third-order valence-electron chi connectivity index (χ3n) is 1.70. The van der Waals surface area contributed by atoms with Gasteiger partial charge in [-0.1, -0.05) is 0 Å². The van der Waals surface area contributed by atoms with Gasteiger partial charge in [0, 0.05) is 12.1 Å². The Morgan fingerprint density at radius 2 is 1.79 bits per heavy atom. The molecule has 0 aromatic heterocycles. The van der Waals surface area contributed by atoms with E-state index in [4.69, 9.17) is 14.6 Å². The van der Waals surface area contributed by atoms with E-state index >= 15 is 0 Å². The molecule has 0 radical (unpaired) electrons. The van der Waals surface area contributed by atoms with Crippen LogP contribution in [0.3, 0.4) is 0 Å². The molecule has 0 unspecified atom stereocenters. The molecule has 76 valence electrons. The number of ether oxygens (including phenoxy) is 2. The maximum Gasteiger partial charge on any atom is 0.338 e. The molecule has 1 aromatic rings. The van der Waals surface area contributed by atoms with Gasteiger partial charge >= 0.3 is 5.97 Å². The minimum Gasteiger partial charge on any atom is -0.493 e. The number of rotatable bonds is 3. The quantitative estimate of drug-likeness (QED) is 0.804. The van der Waals surface area contributed by atoms with Gasteiger partial charge in [-0.05, 0) is 0 Å². The van der Waals surface area contributed by atoms with E-state index in [0.29, 0.717) is 0 Å². The molecule has 0 spiro atoms. The van der Waals surface area contributed by atoms with Crippen molar-refractivity contribution in [1.29, 1.82) is 0 Å². The van der Waals surface area contributed by atoms with Crippen molar-refractivity contribution in [3.05, 3.63) is 23.5 Å². The zero-order chi connectivity index (χ0) is 10.7. The number of carboxylic acids is 1. The Bertz CT molecular complexity index is 362. The molecule has 0 amide bonds. The minimum atomic E-state index is -1.34. The molecule has 4 nitrogen and oxygen atoms in total. The van der Waals surface area contributed by atoms with E-state index in [1.807, 2.05) is 0 Å². The van der Waals surface area contributed by atoms with Gasteiger partial charge in [-0.3, -0.25) is 0 Å². The Labute approximate surface area is 79.9 Å². The lowest BCUT2D eigenvalue weighted by atomic mass is 10.2. The first kappa shape index (κ1) is 10.3. The van der Waals surface area contributed by atoms with Crippen molar-refractivity contribution in [3.63, 3.8) is 0 Å². The Balaban J connectivity index is 3.30. The van der Waals surface area contributed by atoms with Gasteiger partial charge in [0.05, 0.1) is 19.8 Å². The van der Waals surface area contributed by atoms with E-state index in [1.165, 1.54) is 14.2 Å². The lowest BCUT2D eigenvalue weighted by Crippen LogP contribution is -2.02. The lowest BCUT2D eigenvalue weighted by Gasteiger charge is -2.08. The highest BCUT2D eigenvalue weighted by atomic mass is 19.1. The van der Waals surface area contributed by atoms with Gasteiger partial charge in [0.1, 0.15) is 5.82 Å². The fraction of sp³-hybridized carbons (Fsp3) is 0.222. The Morgan fingerprint density at radius 3 is 2.21 bits per heavy atom. The summed E-state index contributed by atoms with van der Waals surface area (Å²) in [5.41, 5.74) is -0.442.